The maximum atomic E-state index is 11.1. The average Bonchev–Trinajstić information content (AvgIpc) is 3.42. The monoisotopic (exact) mass is 395 g/mol. The van der Waals surface area contributed by atoms with Crippen LogP contribution >= 0.6 is 0 Å². The van der Waals surface area contributed by atoms with Crippen molar-refractivity contribution in [2.75, 3.05) is 19.6 Å². The van der Waals surface area contributed by atoms with E-state index in [2.05, 4.69) is 15.0 Å². The summed E-state index contributed by atoms with van der Waals surface area (Å²) in [6.45, 7) is 2.37. The van der Waals surface area contributed by atoms with Crippen molar-refractivity contribution in [3.05, 3.63) is 36.5 Å². The standard InChI is InChI=1S/C20H25N7O2/c21-14-11-25(13-28)8-6-16(14)26-7-2-1-4-17(26)15-10-19-23-20(18-5-3-9-29-18)24-27(19)12-22-15/h3,5,9-10,12-14,16-17H,1-2,4,6-8,11,21H2. The SMILES string of the molecule is NC1CN(C=O)CCC1N1CCCCC1c1cc2nc(-c3ccco3)nn2cn1. The highest BCUT2D eigenvalue weighted by atomic mass is 16.3. The molecule has 3 aromatic heterocycles. The third-order valence-corrected chi connectivity index (χ3v) is 6.10. The van der Waals surface area contributed by atoms with E-state index in [1.165, 1.54) is 6.42 Å². The summed E-state index contributed by atoms with van der Waals surface area (Å²) in [7, 11) is 0. The predicted octanol–water partition coefficient (Wildman–Crippen LogP) is 1.47. The largest absolute Gasteiger partial charge is 0.461 e. The van der Waals surface area contributed by atoms with E-state index in [1.807, 2.05) is 18.2 Å². The van der Waals surface area contributed by atoms with Crippen LogP contribution in [0.1, 0.15) is 37.4 Å². The van der Waals surface area contributed by atoms with E-state index in [0.29, 0.717) is 18.1 Å². The molecule has 0 saturated carbocycles. The smallest absolute Gasteiger partial charge is 0.217 e. The Labute approximate surface area is 168 Å². The van der Waals surface area contributed by atoms with Gasteiger partial charge in [-0.2, -0.15) is 0 Å². The number of likely N-dealkylation sites (tertiary alicyclic amines) is 2. The molecular weight excluding hydrogens is 370 g/mol. The van der Waals surface area contributed by atoms with Crippen molar-refractivity contribution < 1.29 is 9.21 Å². The quantitative estimate of drug-likeness (QED) is 0.667. The maximum absolute atomic E-state index is 11.1. The molecule has 2 aliphatic rings. The summed E-state index contributed by atoms with van der Waals surface area (Å²) in [4.78, 5) is 24.7. The Balaban J connectivity index is 1.43. The van der Waals surface area contributed by atoms with Gasteiger partial charge in [-0.3, -0.25) is 9.69 Å². The van der Waals surface area contributed by atoms with Crippen LogP contribution in [-0.4, -0.2) is 67.5 Å². The van der Waals surface area contributed by atoms with E-state index in [0.717, 1.165) is 50.1 Å². The van der Waals surface area contributed by atoms with E-state index < -0.39 is 0 Å². The Bertz CT molecular complexity index is 986. The lowest BCUT2D eigenvalue weighted by Crippen LogP contribution is -2.59. The average molecular weight is 395 g/mol. The fourth-order valence-corrected chi connectivity index (χ4v) is 4.67. The molecule has 2 fully saturated rings. The van der Waals surface area contributed by atoms with Crippen molar-refractivity contribution in [3.63, 3.8) is 0 Å². The molecule has 2 aliphatic heterocycles. The third-order valence-electron chi connectivity index (χ3n) is 6.10. The number of nitrogens with two attached hydrogens (primary N) is 1. The normalized spacial score (nSPS) is 26.1. The molecule has 9 nitrogen and oxygen atoms in total. The summed E-state index contributed by atoms with van der Waals surface area (Å²) in [6, 6.07) is 6.11. The van der Waals surface area contributed by atoms with Crippen LogP contribution < -0.4 is 5.73 Å². The number of aromatic nitrogens is 4. The molecule has 0 bridgehead atoms. The maximum Gasteiger partial charge on any atom is 0.217 e. The number of carbonyl (C=O) groups excluding carboxylic acids is 1. The Hall–Kier alpha value is -2.78. The van der Waals surface area contributed by atoms with Crippen molar-refractivity contribution in [1.82, 2.24) is 29.4 Å². The first-order valence-electron chi connectivity index (χ1n) is 10.2. The van der Waals surface area contributed by atoms with Gasteiger partial charge in [-0.25, -0.2) is 14.5 Å². The molecule has 5 rings (SSSR count). The van der Waals surface area contributed by atoms with Crippen LogP contribution in [0.5, 0.6) is 0 Å². The molecule has 29 heavy (non-hydrogen) atoms. The first-order chi connectivity index (χ1) is 14.2. The minimum absolute atomic E-state index is 0.0445. The van der Waals surface area contributed by atoms with Crippen molar-refractivity contribution >= 4 is 12.1 Å². The second-order valence-corrected chi connectivity index (χ2v) is 7.90. The molecule has 2 saturated heterocycles. The lowest BCUT2D eigenvalue weighted by Gasteiger charge is -2.46. The lowest BCUT2D eigenvalue weighted by atomic mass is 9.91. The Kier molecular flexibility index (Phi) is 4.76. The molecule has 3 atom stereocenters. The number of fused-ring (bicyclic) bond motifs is 1. The second kappa shape index (κ2) is 7.57. The zero-order valence-corrected chi connectivity index (χ0v) is 16.2. The second-order valence-electron chi connectivity index (χ2n) is 7.90. The molecule has 3 unspecified atom stereocenters. The van der Waals surface area contributed by atoms with Crippen LogP contribution in [-0.2, 0) is 4.79 Å². The number of hydrogen-bond donors (Lipinski definition) is 1. The number of rotatable bonds is 4. The topological polar surface area (TPSA) is 106 Å². The van der Waals surface area contributed by atoms with E-state index in [9.17, 15) is 4.79 Å². The number of furan rings is 1. The first kappa shape index (κ1) is 18.3. The molecule has 1 amide bonds. The Morgan fingerprint density at radius 1 is 1.24 bits per heavy atom. The fraction of sp³-hybridized carbons (Fsp3) is 0.500. The molecular formula is C20H25N7O2. The predicted molar refractivity (Wildman–Crippen MR) is 106 cm³/mol. The van der Waals surface area contributed by atoms with Crippen LogP contribution in [0.25, 0.3) is 17.2 Å². The van der Waals surface area contributed by atoms with E-state index >= 15 is 0 Å². The van der Waals surface area contributed by atoms with Crippen LogP contribution in [0.15, 0.2) is 35.2 Å². The number of amides is 1. The molecule has 0 spiro atoms. The number of nitrogens with zero attached hydrogens (tertiary/aromatic N) is 6. The molecule has 0 aliphatic carbocycles. The minimum Gasteiger partial charge on any atom is -0.461 e. The molecule has 0 aromatic carbocycles. The first-order valence-corrected chi connectivity index (χ1v) is 10.2. The zero-order valence-electron chi connectivity index (χ0n) is 16.2. The van der Waals surface area contributed by atoms with Gasteiger partial charge in [-0.05, 0) is 37.9 Å². The zero-order chi connectivity index (χ0) is 19.8. The van der Waals surface area contributed by atoms with Crippen molar-refractivity contribution in [2.24, 2.45) is 5.73 Å². The number of hydrogen-bond acceptors (Lipinski definition) is 7. The van der Waals surface area contributed by atoms with E-state index in [1.54, 1.807) is 22.0 Å². The fourth-order valence-electron chi connectivity index (χ4n) is 4.67. The summed E-state index contributed by atoms with van der Waals surface area (Å²) in [5.41, 5.74) is 8.22. The molecule has 0 radical (unpaired) electrons. The van der Waals surface area contributed by atoms with Crippen LogP contribution in [0, 0.1) is 0 Å². The van der Waals surface area contributed by atoms with E-state index in [4.69, 9.17) is 15.1 Å². The summed E-state index contributed by atoms with van der Waals surface area (Å²) in [6.07, 6.45) is 8.51. The van der Waals surface area contributed by atoms with Crippen LogP contribution in [0.4, 0.5) is 0 Å². The highest BCUT2D eigenvalue weighted by molar-refractivity contribution is 5.52. The highest BCUT2D eigenvalue weighted by Gasteiger charge is 2.36. The van der Waals surface area contributed by atoms with Gasteiger partial charge < -0.3 is 15.1 Å². The van der Waals surface area contributed by atoms with Gasteiger partial charge in [-0.1, -0.05) is 6.42 Å². The minimum atomic E-state index is -0.0445. The van der Waals surface area contributed by atoms with Crippen molar-refractivity contribution in [2.45, 2.75) is 43.8 Å². The van der Waals surface area contributed by atoms with Gasteiger partial charge in [0.2, 0.25) is 12.2 Å². The number of piperidine rings is 2. The summed E-state index contributed by atoms with van der Waals surface area (Å²) in [5.74, 6) is 1.19. The van der Waals surface area contributed by atoms with Crippen LogP contribution in [0.2, 0.25) is 0 Å². The van der Waals surface area contributed by atoms with Gasteiger partial charge in [0.1, 0.15) is 6.33 Å². The number of carbonyl (C=O) groups is 1. The Morgan fingerprint density at radius 2 is 2.17 bits per heavy atom. The van der Waals surface area contributed by atoms with Crippen molar-refractivity contribution in [1.29, 1.82) is 0 Å². The molecule has 3 aromatic rings. The molecule has 2 N–H and O–H groups in total. The summed E-state index contributed by atoms with van der Waals surface area (Å²) < 4.78 is 7.10. The van der Waals surface area contributed by atoms with Gasteiger partial charge >= 0.3 is 0 Å². The van der Waals surface area contributed by atoms with E-state index in [-0.39, 0.29) is 18.1 Å². The van der Waals surface area contributed by atoms with Crippen molar-refractivity contribution in [3.8, 4) is 11.6 Å². The Morgan fingerprint density at radius 3 is 2.97 bits per heavy atom. The van der Waals surface area contributed by atoms with Gasteiger partial charge in [0, 0.05) is 31.2 Å². The van der Waals surface area contributed by atoms with Crippen LogP contribution in [0.3, 0.4) is 0 Å². The molecule has 152 valence electrons. The molecule has 9 heteroatoms. The highest BCUT2D eigenvalue weighted by Crippen LogP contribution is 2.34. The van der Waals surface area contributed by atoms with Gasteiger partial charge in [0.25, 0.3) is 0 Å². The summed E-state index contributed by atoms with van der Waals surface area (Å²) in [5, 5.41) is 4.46. The van der Waals surface area contributed by atoms with Gasteiger partial charge in [0.05, 0.1) is 18.0 Å². The molecule has 5 heterocycles. The third kappa shape index (κ3) is 3.40. The lowest BCUT2D eigenvalue weighted by molar-refractivity contribution is -0.120. The van der Waals surface area contributed by atoms with Gasteiger partial charge in [-0.15, -0.1) is 5.10 Å². The summed E-state index contributed by atoms with van der Waals surface area (Å²) >= 11 is 0. The van der Waals surface area contributed by atoms with Gasteiger partial charge in [0.15, 0.2) is 11.4 Å².